The molecule has 0 N–H and O–H groups in total. The fourth-order valence-electron chi connectivity index (χ4n) is 3.66. The second-order valence-electron chi connectivity index (χ2n) is 7.46. The Morgan fingerprint density at radius 3 is 2.58 bits per heavy atom. The van der Waals surface area contributed by atoms with Crippen LogP contribution in [-0.2, 0) is 9.59 Å². The highest BCUT2D eigenvalue weighted by Gasteiger charge is 2.26. The van der Waals surface area contributed by atoms with Gasteiger partial charge in [-0.2, -0.15) is 0 Å². The highest BCUT2D eigenvalue weighted by Crippen LogP contribution is 2.22. The Bertz CT molecular complexity index is 524. The van der Waals surface area contributed by atoms with E-state index in [-0.39, 0.29) is 11.7 Å². The molecule has 0 saturated carbocycles. The van der Waals surface area contributed by atoms with Crippen LogP contribution >= 0.6 is 0 Å². The molecule has 2 aliphatic heterocycles. The van der Waals surface area contributed by atoms with Gasteiger partial charge in [0.2, 0.25) is 0 Å². The van der Waals surface area contributed by atoms with Crippen molar-refractivity contribution >= 4 is 11.6 Å². The van der Waals surface area contributed by atoms with Crippen molar-refractivity contribution in [3.8, 4) is 0 Å². The van der Waals surface area contributed by atoms with Gasteiger partial charge in [-0.1, -0.05) is 12.2 Å². The molecule has 0 aromatic rings. The topological polar surface area (TPSA) is 40.6 Å². The van der Waals surface area contributed by atoms with Crippen molar-refractivity contribution in [3.05, 3.63) is 23.9 Å². The third-order valence-electron chi connectivity index (χ3n) is 5.54. The zero-order valence-corrected chi connectivity index (χ0v) is 15.6. The summed E-state index contributed by atoms with van der Waals surface area (Å²) in [4.78, 5) is 27.9. The smallest absolute Gasteiger partial charge is 0.161 e. The Balaban J connectivity index is 1.83. The number of Topliss-reactive ketones (excluding diaryl/α,β-unsaturated/α-hetero) is 2. The molecular formula is C20H32N2O2. The third kappa shape index (κ3) is 5.04. The van der Waals surface area contributed by atoms with Crippen LogP contribution in [0.5, 0.6) is 0 Å². The van der Waals surface area contributed by atoms with Crippen LogP contribution < -0.4 is 0 Å². The summed E-state index contributed by atoms with van der Waals surface area (Å²) in [7, 11) is 0. The van der Waals surface area contributed by atoms with Crippen LogP contribution in [0.25, 0.3) is 0 Å². The van der Waals surface area contributed by atoms with E-state index < -0.39 is 0 Å². The number of ketones is 2. The minimum absolute atomic E-state index is 0.125. The van der Waals surface area contributed by atoms with Crippen molar-refractivity contribution in [1.82, 2.24) is 9.80 Å². The van der Waals surface area contributed by atoms with E-state index >= 15 is 0 Å². The van der Waals surface area contributed by atoms with Crippen LogP contribution in [0.2, 0.25) is 0 Å². The average Bonchev–Trinajstić information content (AvgIpc) is 2.59. The van der Waals surface area contributed by atoms with Gasteiger partial charge in [-0.25, -0.2) is 0 Å². The van der Waals surface area contributed by atoms with Gasteiger partial charge in [-0.3, -0.25) is 14.5 Å². The molecule has 4 heteroatoms. The van der Waals surface area contributed by atoms with E-state index in [1.165, 1.54) is 0 Å². The minimum Gasteiger partial charge on any atom is -0.370 e. The molecule has 0 aromatic carbocycles. The van der Waals surface area contributed by atoms with Crippen molar-refractivity contribution in [2.24, 2.45) is 5.92 Å². The van der Waals surface area contributed by atoms with Gasteiger partial charge in [0.15, 0.2) is 5.78 Å². The summed E-state index contributed by atoms with van der Waals surface area (Å²) < 4.78 is 0. The second-order valence-corrected chi connectivity index (χ2v) is 7.46. The van der Waals surface area contributed by atoms with Crippen molar-refractivity contribution < 1.29 is 9.59 Å². The maximum Gasteiger partial charge on any atom is 0.161 e. The van der Waals surface area contributed by atoms with Crippen molar-refractivity contribution in [2.45, 2.75) is 65.5 Å². The molecule has 0 aromatic heterocycles. The summed E-state index contributed by atoms with van der Waals surface area (Å²) >= 11 is 0. The molecule has 2 aliphatic rings. The maximum absolute atomic E-state index is 11.7. The first-order valence-corrected chi connectivity index (χ1v) is 9.28. The predicted molar refractivity (Wildman–Crippen MR) is 97.7 cm³/mol. The summed E-state index contributed by atoms with van der Waals surface area (Å²) in [6, 6.07) is 0.923. The van der Waals surface area contributed by atoms with E-state index in [1.54, 1.807) is 13.8 Å². The molecule has 0 amide bonds. The molecule has 134 valence electrons. The van der Waals surface area contributed by atoms with Gasteiger partial charge >= 0.3 is 0 Å². The quantitative estimate of drug-likeness (QED) is 0.718. The molecule has 2 heterocycles. The number of nitrogens with zero attached hydrogens (tertiary/aromatic N) is 2. The van der Waals surface area contributed by atoms with Crippen LogP contribution in [0.4, 0.5) is 0 Å². The summed E-state index contributed by atoms with van der Waals surface area (Å²) in [6.07, 6.45) is 10.4. The fraction of sp³-hybridized carbons (Fsp3) is 0.700. The molecule has 0 radical (unpaired) electrons. The lowest BCUT2D eigenvalue weighted by atomic mass is 9.93. The molecule has 2 rings (SSSR count). The van der Waals surface area contributed by atoms with Crippen molar-refractivity contribution in [3.63, 3.8) is 0 Å². The van der Waals surface area contributed by atoms with E-state index in [0.717, 1.165) is 50.9 Å². The Morgan fingerprint density at radius 1 is 1.21 bits per heavy atom. The van der Waals surface area contributed by atoms with Crippen LogP contribution in [0.1, 0.15) is 53.4 Å². The first kappa shape index (κ1) is 18.9. The normalized spacial score (nSPS) is 24.4. The standard InChI is InChI=1S/C20H32N2O2/c1-15(21-11-5-7-19(13-21)17(3)23)9-10-16(2)22-12-6-8-20(14-22)18(4)24/h5,7,13,15-16,20H,6,8-12,14H2,1-4H3. The van der Waals surface area contributed by atoms with Crippen LogP contribution in [0.3, 0.4) is 0 Å². The molecule has 4 nitrogen and oxygen atoms in total. The molecular weight excluding hydrogens is 300 g/mol. The van der Waals surface area contributed by atoms with Gasteiger partial charge in [0.1, 0.15) is 5.78 Å². The van der Waals surface area contributed by atoms with E-state index in [2.05, 4.69) is 29.7 Å². The van der Waals surface area contributed by atoms with Crippen LogP contribution in [0, 0.1) is 5.92 Å². The summed E-state index contributed by atoms with van der Waals surface area (Å²) in [5.41, 5.74) is 0.793. The lowest BCUT2D eigenvalue weighted by Gasteiger charge is -2.37. The zero-order valence-electron chi connectivity index (χ0n) is 15.6. The summed E-state index contributed by atoms with van der Waals surface area (Å²) in [5.74, 6) is 0.689. The number of carbonyl (C=O) groups is 2. The molecule has 1 saturated heterocycles. The van der Waals surface area contributed by atoms with Gasteiger partial charge in [0.25, 0.3) is 0 Å². The zero-order chi connectivity index (χ0) is 17.7. The minimum atomic E-state index is 0.125. The molecule has 3 atom stereocenters. The fourth-order valence-corrected chi connectivity index (χ4v) is 3.66. The second kappa shape index (κ2) is 8.61. The lowest BCUT2D eigenvalue weighted by molar-refractivity contribution is -0.122. The van der Waals surface area contributed by atoms with Gasteiger partial charge < -0.3 is 4.90 Å². The maximum atomic E-state index is 11.7. The van der Waals surface area contributed by atoms with E-state index in [4.69, 9.17) is 0 Å². The van der Waals surface area contributed by atoms with Crippen molar-refractivity contribution in [2.75, 3.05) is 19.6 Å². The Hall–Kier alpha value is -1.42. The molecule has 0 bridgehead atoms. The highest BCUT2D eigenvalue weighted by atomic mass is 16.1. The number of rotatable bonds is 7. The van der Waals surface area contributed by atoms with E-state index in [0.29, 0.717) is 17.9 Å². The van der Waals surface area contributed by atoms with E-state index in [1.807, 2.05) is 12.3 Å². The number of carbonyl (C=O) groups excluding carboxylic acids is 2. The van der Waals surface area contributed by atoms with Gasteiger partial charge in [-0.15, -0.1) is 0 Å². The number of likely N-dealkylation sites (tertiary alicyclic amines) is 1. The number of allylic oxidation sites excluding steroid dienone is 2. The molecule has 3 unspecified atom stereocenters. The first-order chi connectivity index (χ1) is 11.4. The molecule has 1 fully saturated rings. The molecule has 0 aliphatic carbocycles. The summed E-state index contributed by atoms with van der Waals surface area (Å²) in [5, 5.41) is 0. The van der Waals surface area contributed by atoms with Crippen molar-refractivity contribution in [1.29, 1.82) is 0 Å². The van der Waals surface area contributed by atoms with E-state index in [9.17, 15) is 9.59 Å². The molecule has 0 spiro atoms. The summed E-state index contributed by atoms with van der Waals surface area (Å²) in [6.45, 7) is 10.8. The monoisotopic (exact) mass is 332 g/mol. The first-order valence-electron chi connectivity index (χ1n) is 9.28. The van der Waals surface area contributed by atoms with Crippen LogP contribution in [-0.4, -0.2) is 53.1 Å². The number of hydrogen-bond acceptors (Lipinski definition) is 4. The Kier molecular flexibility index (Phi) is 6.79. The van der Waals surface area contributed by atoms with Gasteiger partial charge in [0, 0.05) is 42.9 Å². The number of piperidine rings is 1. The number of hydrogen-bond donors (Lipinski definition) is 0. The highest BCUT2D eigenvalue weighted by molar-refractivity contribution is 5.96. The third-order valence-corrected chi connectivity index (χ3v) is 5.54. The average molecular weight is 332 g/mol. The SMILES string of the molecule is CC(=O)C1=CN(C(C)CCC(C)N2CCCC(C(C)=O)C2)CC=C1. The lowest BCUT2D eigenvalue weighted by Crippen LogP contribution is -2.43. The van der Waals surface area contributed by atoms with Gasteiger partial charge in [-0.05, 0) is 59.9 Å². The Labute approximate surface area is 146 Å². The predicted octanol–water partition coefficient (Wildman–Crippen LogP) is 3.19. The molecule has 24 heavy (non-hydrogen) atoms. The largest absolute Gasteiger partial charge is 0.370 e. The van der Waals surface area contributed by atoms with Gasteiger partial charge in [0.05, 0.1) is 0 Å². The Morgan fingerprint density at radius 2 is 1.92 bits per heavy atom. The van der Waals surface area contributed by atoms with Crippen LogP contribution in [0.15, 0.2) is 23.9 Å².